The first-order valence-electron chi connectivity index (χ1n) is 10.0. The molecule has 0 saturated carbocycles. The van der Waals surface area contributed by atoms with Gasteiger partial charge in [0.05, 0.1) is 24.3 Å². The molecule has 0 aliphatic heterocycles. The van der Waals surface area contributed by atoms with Crippen molar-refractivity contribution in [1.29, 1.82) is 21.0 Å². The van der Waals surface area contributed by atoms with Crippen LogP contribution in [0.4, 0.5) is 0 Å². The second-order valence-corrected chi connectivity index (χ2v) is 9.71. The van der Waals surface area contributed by atoms with Crippen molar-refractivity contribution in [1.82, 2.24) is 0 Å². The summed E-state index contributed by atoms with van der Waals surface area (Å²) >= 11 is 0. The number of nitriles is 4. The molecule has 0 rings (SSSR count). The Morgan fingerprint density at radius 2 is 0.800 bits per heavy atom. The number of nitrogens with zero attached hydrogens (tertiary/aromatic N) is 8. The molecule has 30 heavy (non-hydrogen) atoms. The summed E-state index contributed by atoms with van der Waals surface area (Å²) in [6.07, 6.45) is 1.30. The van der Waals surface area contributed by atoms with Crippen LogP contribution >= 0.6 is 0 Å². The molecule has 0 aliphatic rings. The zero-order chi connectivity index (χ0) is 24.2. The van der Waals surface area contributed by atoms with Crippen LogP contribution in [0.1, 0.15) is 82.1 Å². The topological polar surface area (TPSA) is 145 Å². The Bertz CT molecular complexity index is 701. The third kappa shape index (κ3) is 13.4. The zero-order valence-corrected chi connectivity index (χ0v) is 20.1. The minimum Gasteiger partial charge on any atom is -0.196 e. The van der Waals surface area contributed by atoms with Crippen LogP contribution in [0.15, 0.2) is 20.5 Å². The Labute approximate surface area is 182 Å². The van der Waals surface area contributed by atoms with Crippen molar-refractivity contribution in [3.05, 3.63) is 0 Å². The van der Waals surface area contributed by atoms with E-state index in [4.69, 9.17) is 10.5 Å². The molecule has 0 N–H and O–H groups in total. The van der Waals surface area contributed by atoms with Crippen LogP contribution < -0.4 is 0 Å². The maximum Gasteiger partial charge on any atom is 0.165 e. The average Bonchev–Trinajstić information content (AvgIpc) is 2.64. The monoisotopic (exact) mass is 412 g/mol. The fourth-order valence-corrected chi connectivity index (χ4v) is 2.32. The third-order valence-corrected chi connectivity index (χ3v) is 3.68. The lowest BCUT2D eigenvalue weighted by atomic mass is 9.92. The van der Waals surface area contributed by atoms with Crippen LogP contribution in [-0.2, 0) is 0 Å². The van der Waals surface area contributed by atoms with Gasteiger partial charge in [-0.3, -0.25) is 0 Å². The van der Waals surface area contributed by atoms with E-state index in [1.165, 1.54) is 0 Å². The highest BCUT2D eigenvalue weighted by atomic mass is 15.2. The largest absolute Gasteiger partial charge is 0.196 e. The molecule has 0 radical (unpaired) electrons. The van der Waals surface area contributed by atoms with Gasteiger partial charge in [-0.05, 0) is 66.2 Å². The molecule has 2 unspecified atom stereocenters. The van der Waals surface area contributed by atoms with Crippen LogP contribution in [0.5, 0.6) is 0 Å². The van der Waals surface area contributed by atoms with Crippen LogP contribution in [-0.4, -0.2) is 22.2 Å². The average molecular weight is 413 g/mol. The lowest BCUT2D eigenvalue weighted by Crippen LogP contribution is -2.26. The molecule has 8 nitrogen and oxygen atoms in total. The predicted molar refractivity (Wildman–Crippen MR) is 116 cm³/mol. The lowest BCUT2D eigenvalue weighted by molar-refractivity contribution is 0.384. The van der Waals surface area contributed by atoms with E-state index in [9.17, 15) is 10.5 Å². The molecule has 0 aromatic rings. The number of hydrogen-bond donors (Lipinski definition) is 0. The molecule has 0 amide bonds. The van der Waals surface area contributed by atoms with Gasteiger partial charge in [0.15, 0.2) is 22.2 Å². The van der Waals surface area contributed by atoms with Crippen molar-refractivity contribution in [2.24, 2.45) is 32.3 Å². The van der Waals surface area contributed by atoms with Crippen LogP contribution in [0.3, 0.4) is 0 Å². The van der Waals surface area contributed by atoms with Gasteiger partial charge in [-0.1, -0.05) is 27.7 Å². The van der Waals surface area contributed by atoms with E-state index in [2.05, 4.69) is 32.6 Å². The summed E-state index contributed by atoms with van der Waals surface area (Å²) in [7, 11) is 0. The van der Waals surface area contributed by atoms with E-state index in [-0.39, 0.29) is 0 Å². The predicted octanol–water partition coefficient (Wildman–Crippen LogP) is 6.14. The minimum atomic E-state index is -0.839. The zero-order valence-electron chi connectivity index (χ0n) is 20.1. The molecule has 0 aromatic carbocycles. The van der Waals surface area contributed by atoms with Gasteiger partial charge in [0.25, 0.3) is 0 Å². The van der Waals surface area contributed by atoms with Gasteiger partial charge in [0, 0.05) is 0 Å². The molecule has 164 valence electrons. The van der Waals surface area contributed by atoms with E-state index < -0.39 is 22.2 Å². The second kappa shape index (κ2) is 12.0. The highest BCUT2D eigenvalue weighted by Crippen LogP contribution is 2.26. The van der Waals surface area contributed by atoms with E-state index in [0.29, 0.717) is 24.7 Å². The third-order valence-electron chi connectivity index (χ3n) is 3.68. The first kappa shape index (κ1) is 29.4. The molecule has 0 aromatic heterocycles. The fourth-order valence-electron chi connectivity index (χ4n) is 2.32. The Balaban J connectivity index is 0. The Morgan fingerprint density at radius 3 is 0.967 bits per heavy atom. The van der Waals surface area contributed by atoms with Gasteiger partial charge in [-0.25, -0.2) is 0 Å². The summed E-state index contributed by atoms with van der Waals surface area (Å²) in [5.41, 5.74) is -3.34. The molecule has 2 atom stereocenters. The first-order chi connectivity index (χ1) is 13.5. The van der Waals surface area contributed by atoms with Gasteiger partial charge in [0.2, 0.25) is 0 Å². The molecular weight excluding hydrogens is 376 g/mol. The van der Waals surface area contributed by atoms with Crippen molar-refractivity contribution >= 4 is 0 Å². The van der Waals surface area contributed by atoms with Crippen LogP contribution in [0.2, 0.25) is 0 Å². The molecule has 0 fully saturated rings. The standard InChI is InChI=1S/C14H24N4.C8H12N4/c1-11(2)7-13(5,9-15)17-18-14(6,10-16)8-12(3)4;1-7(2,5-9)11-12-8(3,4)6-10/h11-12H,7-8H2,1-6H3;1-4H3. The normalized spacial score (nSPS) is 16.0. The van der Waals surface area contributed by atoms with Crippen molar-refractivity contribution in [2.45, 2.75) is 104 Å². The number of rotatable bonds is 8. The summed E-state index contributed by atoms with van der Waals surface area (Å²) in [4.78, 5) is 0. The maximum absolute atomic E-state index is 9.20. The van der Waals surface area contributed by atoms with Crippen LogP contribution in [0.25, 0.3) is 0 Å². The van der Waals surface area contributed by atoms with Crippen molar-refractivity contribution in [3.8, 4) is 24.3 Å². The maximum atomic E-state index is 9.20. The lowest BCUT2D eigenvalue weighted by Gasteiger charge is -2.22. The quantitative estimate of drug-likeness (QED) is 0.441. The summed E-state index contributed by atoms with van der Waals surface area (Å²) in [6, 6.07) is 8.32. The Kier molecular flexibility index (Phi) is 11.7. The summed E-state index contributed by atoms with van der Waals surface area (Å²) < 4.78 is 0. The van der Waals surface area contributed by atoms with Gasteiger partial charge < -0.3 is 0 Å². The minimum absolute atomic E-state index is 0.368. The highest BCUT2D eigenvalue weighted by molar-refractivity contribution is 5.08. The fraction of sp³-hybridized carbons (Fsp3) is 0.818. The Hall–Kier alpha value is -2.84. The van der Waals surface area contributed by atoms with Crippen molar-refractivity contribution in [3.63, 3.8) is 0 Å². The number of azo groups is 2. The molecule has 0 saturated heterocycles. The van der Waals surface area contributed by atoms with E-state index >= 15 is 0 Å². The highest BCUT2D eigenvalue weighted by Gasteiger charge is 2.29. The van der Waals surface area contributed by atoms with E-state index in [1.54, 1.807) is 41.5 Å². The van der Waals surface area contributed by atoms with Crippen molar-refractivity contribution in [2.75, 3.05) is 0 Å². The van der Waals surface area contributed by atoms with Gasteiger partial charge in [-0.2, -0.15) is 41.5 Å². The molecule has 0 heterocycles. The SMILES string of the molecule is CC(C)(C#N)N=NC(C)(C)C#N.CC(C)CC(C)(C#N)N=NC(C)(C#N)CC(C)C. The molecule has 0 aliphatic carbocycles. The van der Waals surface area contributed by atoms with Gasteiger partial charge in [-0.15, -0.1) is 0 Å². The smallest absolute Gasteiger partial charge is 0.165 e. The second-order valence-electron chi connectivity index (χ2n) is 9.71. The molecule has 8 heteroatoms. The summed E-state index contributed by atoms with van der Waals surface area (Å²) in [5, 5.41) is 51.4. The molecule has 0 bridgehead atoms. The van der Waals surface area contributed by atoms with Gasteiger partial charge >= 0.3 is 0 Å². The molecular formula is C22H36N8. The molecule has 0 spiro atoms. The summed E-state index contributed by atoms with van der Waals surface area (Å²) in [6.45, 7) is 18.3. The number of hydrogen-bond acceptors (Lipinski definition) is 8. The van der Waals surface area contributed by atoms with Gasteiger partial charge in [0.1, 0.15) is 0 Å². The van der Waals surface area contributed by atoms with Crippen molar-refractivity contribution < 1.29 is 0 Å². The Morgan fingerprint density at radius 1 is 0.533 bits per heavy atom. The first-order valence-corrected chi connectivity index (χ1v) is 10.0. The van der Waals surface area contributed by atoms with Crippen LogP contribution in [0, 0.1) is 57.2 Å². The summed E-state index contributed by atoms with van der Waals surface area (Å²) in [5.74, 6) is 0.735. The van der Waals surface area contributed by atoms with E-state index in [1.807, 2.05) is 39.8 Å². The van der Waals surface area contributed by atoms with E-state index in [0.717, 1.165) is 0 Å².